The molecule has 0 fully saturated rings. The molecule has 0 unspecified atom stereocenters. The number of para-hydroxylation sites is 1. The van der Waals surface area contributed by atoms with E-state index in [1.54, 1.807) is 30.3 Å². The van der Waals surface area contributed by atoms with Gasteiger partial charge in [-0.2, -0.15) is 0 Å². The molecule has 4 nitrogen and oxygen atoms in total. The van der Waals surface area contributed by atoms with Gasteiger partial charge in [-0.05, 0) is 12.1 Å². The van der Waals surface area contributed by atoms with Crippen molar-refractivity contribution < 1.29 is 5.03 Å². The molecule has 58 valence electrons. The van der Waals surface area contributed by atoms with Gasteiger partial charge in [-0.25, -0.2) is 10.1 Å². The maximum atomic E-state index is 9.86. The summed E-state index contributed by atoms with van der Waals surface area (Å²) in [4.78, 5) is 9.86. The van der Waals surface area contributed by atoms with Gasteiger partial charge in [0.1, 0.15) is 5.69 Å². The molecular formula is C6H8N2O2Pb. The Balaban J connectivity index is 0.000001000. The molecule has 5 heteroatoms. The van der Waals surface area contributed by atoms with Gasteiger partial charge in [-0.15, -0.1) is 5.43 Å². The molecule has 0 heterocycles. The summed E-state index contributed by atoms with van der Waals surface area (Å²) < 4.78 is 0. The molecule has 1 rings (SSSR count). The molecule has 1 aromatic carbocycles. The number of nitrogens with zero attached hydrogens (tertiary/aromatic N) is 1. The summed E-state index contributed by atoms with van der Waals surface area (Å²) in [5.74, 6) is 0. The zero-order chi connectivity index (χ0) is 7.40. The molecule has 11 heavy (non-hydrogen) atoms. The van der Waals surface area contributed by atoms with E-state index in [1.165, 1.54) is 0 Å². The minimum absolute atomic E-state index is 0. The fourth-order valence-corrected chi connectivity index (χ4v) is 0.618. The number of rotatable bonds is 2. The van der Waals surface area contributed by atoms with Crippen molar-refractivity contribution in [2.24, 2.45) is 0 Å². The summed E-state index contributed by atoms with van der Waals surface area (Å²) in [5, 5.41) is 9.28. The van der Waals surface area contributed by atoms with E-state index in [0.29, 0.717) is 5.69 Å². The van der Waals surface area contributed by atoms with Crippen LogP contribution >= 0.6 is 0 Å². The van der Waals surface area contributed by atoms with Crippen LogP contribution in [-0.2, 0) is 0 Å². The second kappa shape index (κ2) is 5.05. The summed E-state index contributed by atoms with van der Waals surface area (Å²) in [6.07, 6.45) is 0. The predicted octanol–water partition coefficient (Wildman–Crippen LogP) is 0.374. The van der Waals surface area contributed by atoms with Crippen molar-refractivity contribution in [1.82, 2.24) is 0 Å². The van der Waals surface area contributed by atoms with Gasteiger partial charge in [0, 0.05) is 0 Å². The van der Waals surface area contributed by atoms with Crippen molar-refractivity contribution in [1.29, 1.82) is 0 Å². The zero-order valence-corrected chi connectivity index (χ0v) is 11.4. The van der Waals surface area contributed by atoms with E-state index in [2.05, 4.69) is 0 Å². The molecular weight excluding hydrogens is 339 g/mol. The van der Waals surface area contributed by atoms with E-state index < -0.39 is 5.03 Å². The molecule has 0 aliphatic heterocycles. The molecule has 0 bridgehead atoms. The van der Waals surface area contributed by atoms with Crippen molar-refractivity contribution in [2.45, 2.75) is 0 Å². The van der Waals surface area contributed by atoms with Crippen molar-refractivity contribution in [2.75, 3.05) is 5.43 Å². The van der Waals surface area contributed by atoms with Crippen LogP contribution in [0.15, 0.2) is 30.3 Å². The van der Waals surface area contributed by atoms with Crippen LogP contribution in [0, 0.1) is 10.1 Å². The first-order valence-corrected chi connectivity index (χ1v) is 2.75. The Kier molecular flexibility index (Phi) is 4.75. The van der Waals surface area contributed by atoms with E-state index in [4.69, 9.17) is 0 Å². The third-order valence-corrected chi connectivity index (χ3v) is 0.994. The molecule has 0 amide bonds. The molecule has 2 radical (unpaired) electrons. The van der Waals surface area contributed by atoms with E-state index in [9.17, 15) is 10.1 Å². The van der Waals surface area contributed by atoms with E-state index >= 15 is 0 Å². The van der Waals surface area contributed by atoms with Crippen LogP contribution in [0.3, 0.4) is 0 Å². The van der Waals surface area contributed by atoms with Crippen LogP contribution < -0.4 is 5.43 Å². The number of nitrogens with one attached hydrogen (secondary N) is 1. The molecule has 1 N–H and O–H groups in total. The van der Waals surface area contributed by atoms with Gasteiger partial charge in [0.2, 0.25) is 0 Å². The van der Waals surface area contributed by atoms with Gasteiger partial charge < -0.3 is 0 Å². The Morgan fingerprint density at radius 2 is 1.82 bits per heavy atom. The van der Waals surface area contributed by atoms with Crippen molar-refractivity contribution >= 4 is 33.0 Å². The van der Waals surface area contributed by atoms with Gasteiger partial charge >= 0.3 is 27.3 Å². The average Bonchev–Trinajstić information content (AvgIpc) is 1.88. The first-order chi connectivity index (χ1) is 4.79. The van der Waals surface area contributed by atoms with E-state index in [-0.39, 0.29) is 27.3 Å². The summed E-state index contributed by atoms with van der Waals surface area (Å²) in [6.45, 7) is 0. The number of nitro groups is 1. The summed E-state index contributed by atoms with van der Waals surface area (Å²) in [6, 6.07) is 8.51. The van der Waals surface area contributed by atoms with Crippen LogP contribution in [0.5, 0.6) is 0 Å². The number of hydrogen-bond acceptors (Lipinski definition) is 2. The third kappa shape index (κ3) is 3.91. The molecule has 0 saturated carbocycles. The molecule has 1 aromatic rings. The second-order valence-corrected chi connectivity index (χ2v) is 1.73. The van der Waals surface area contributed by atoms with Crippen LogP contribution in [-0.4, -0.2) is 32.3 Å². The van der Waals surface area contributed by atoms with Crippen molar-refractivity contribution in [3.8, 4) is 0 Å². The first-order valence-electron chi connectivity index (χ1n) is 2.75. The molecule has 0 aliphatic rings. The summed E-state index contributed by atoms with van der Waals surface area (Å²) in [5.41, 5.74) is 2.52. The minimum atomic E-state index is -0.588. The quantitative estimate of drug-likeness (QED) is 0.478. The number of anilines is 1. The van der Waals surface area contributed by atoms with Gasteiger partial charge in [0.25, 0.3) is 0 Å². The molecule has 0 aliphatic carbocycles. The second-order valence-electron chi connectivity index (χ2n) is 1.73. The molecule has 0 spiro atoms. The predicted molar refractivity (Wildman–Crippen MR) is 45.6 cm³/mol. The molecule has 0 aromatic heterocycles. The summed E-state index contributed by atoms with van der Waals surface area (Å²) in [7, 11) is 0. The third-order valence-electron chi connectivity index (χ3n) is 0.994. The monoisotopic (exact) mass is 348 g/mol. The van der Waals surface area contributed by atoms with Gasteiger partial charge in [0.05, 0.1) is 0 Å². The summed E-state index contributed by atoms with van der Waals surface area (Å²) >= 11 is 0. The standard InChI is InChI=1S/C6H6N2O2.Pb.2H/c9-8(10)7-6-4-2-1-3-5-6;;;/h1-5,7H;;;. The Hall–Kier alpha value is -0.658. The number of benzene rings is 1. The van der Waals surface area contributed by atoms with Crippen LogP contribution in [0.25, 0.3) is 0 Å². The maximum absolute atomic E-state index is 9.86. The van der Waals surface area contributed by atoms with Gasteiger partial charge in [0.15, 0.2) is 5.03 Å². The van der Waals surface area contributed by atoms with Crippen LogP contribution in [0.1, 0.15) is 0 Å². The van der Waals surface area contributed by atoms with Crippen molar-refractivity contribution in [3.05, 3.63) is 40.4 Å². The van der Waals surface area contributed by atoms with Gasteiger partial charge in [-0.1, -0.05) is 18.2 Å². The normalized spacial score (nSPS) is 8.00. The Morgan fingerprint density at radius 1 is 1.27 bits per heavy atom. The topological polar surface area (TPSA) is 55.2 Å². The Morgan fingerprint density at radius 3 is 2.27 bits per heavy atom. The van der Waals surface area contributed by atoms with Crippen LogP contribution in [0.2, 0.25) is 0 Å². The van der Waals surface area contributed by atoms with E-state index in [0.717, 1.165) is 0 Å². The van der Waals surface area contributed by atoms with E-state index in [1.807, 2.05) is 5.43 Å². The average molecular weight is 347 g/mol. The number of hydrazine groups is 1. The zero-order valence-electron chi connectivity index (χ0n) is 5.86. The first kappa shape index (κ1) is 10.3. The SMILES string of the molecule is O=[N+]([O-])Nc1ccccc1.[PbH2]. The fraction of sp³-hybridized carbons (Fsp3) is 0. The molecule has 0 atom stereocenters. The Bertz CT molecular complexity index is 227. The number of hydrogen-bond donors (Lipinski definition) is 1. The van der Waals surface area contributed by atoms with Gasteiger partial charge in [-0.3, -0.25) is 0 Å². The van der Waals surface area contributed by atoms with Crippen LogP contribution in [0.4, 0.5) is 5.69 Å². The fourth-order valence-electron chi connectivity index (χ4n) is 0.618. The van der Waals surface area contributed by atoms with Crippen molar-refractivity contribution in [3.63, 3.8) is 0 Å². The Labute approximate surface area is 83.9 Å². The molecule has 0 saturated heterocycles.